The van der Waals surface area contributed by atoms with Gasteiger partial charge >= 0.3 is 12.4 Å². The number of nitrogens with one attached hydrogen (secondary N) is 2. The Bertz CT molecular complexity index is 1170. The van der Waals surface area contributed by atoms with E-state index >= 15 is 0 Å². The van der Waals surface area contributed by atoms with E-state index in [9.17, 15) is 35.9 Å². The summed E-state index contributed by atoms with van der Waals surface area (Å²) in [6.45, 7) is 1.91. The number of benzene rings is 1. The minimum Gasteiger partial charge on any atom is -0.325 e. The van der Waals surface area contributed by atoms with E-state index in [0.29, 0.717) is 35.3 Å². The first-order chi connectivity index (χ1) is 15.4. The number of rotatable bonds is 7. The Kier molecular flexibility index (Phi) is 7.12. The predicted octanol–water partition coefficient (Wildman–Crippen LogP) is 4.87. The van der Waals surface area contributed by atoms with Crippen LogP contribution < -0.4 is 10.9 Å². The number of amides is 1. The largest absolute Gasteiger partial charge is 0.416 e. The average molecular weight is 492 g/mol. The molecule has 33 heavy (non-hydrogen) atoms. The van der Waals surface area contributed by atoms with Gasteiger partial charge in [0.1, 0.15) is 10.5 Å². The Morgan fingerprint density at radius 1 is 1.12 bits per heavy atom. The van der Waals surface area contributed by atoms with Crippen LogP contribution in [0.1, 0.15) is 30.3 Å². The second-order valence-corrected chi connectivity index (χ2v) is 8.12. The number of halogens is 6. The summed E-state index contributed by atoms with van der Waals surface area (Å²) < 4.78 is 78.6. The molecule has 1 amide bonds. The van der Waals surface area contributed by atoms with Crippen molar-refractivity contribution in [2.75, 3.05) is 18.4 Å². The number of aromatic nitrogens is 2. The molecule has 0 aliphatic heterocycles. The lowest BCUT2D eigenvalue weighted by Gasteiger charge is -2.21. The highest BCUT2D eigenvalue weighted by atomic mass is 32.1. The topological polar surface area (TPSA) is 78.1 Å². The molecule has 0 aliphatic rings. The molecule has 1 aromatic carbocycles. The summed E-state index contributed by atoms with van der Waals surface area (Å²) in [7, 11) is 0. The van der Waals surface area contributed by atoms with Crippen molar-refractivity contribution in [2.24, 2.45) is 0 Å². The first kappa shape index (κ1) is 24.7. The van der Waals surface area contributed by atoms with Crippen LogP contribution in [0.5, 0.6) is 0 Å². The minimum absolute atomic E-state index is 0.0123. The number of H-pyrrole nitrogens is 1. The van der Waals surface area contributed by atoms with Crippen LogP contribution in [-0.2, 0) is 23.7 Å². The van der Waals surface area contributed by atoms with Gasteiger partial charge in [-0.2, -0.15) is 26.3 Å². The van der Waals surface area contributed by atoms with Gasteiger partial charge in [-0.15, -0.1) is 11.3 Å². The summed E-state index contributed by atoms with van der Waals surface area (Å²) in [6, 6.07) is 2.55. The van der Waals surface area contributed by atoms with Gasteiger partial charge in [-0.3, -0.25) is 14.5 Å². The van der Waals surface area contributed by atoms with Crippen molar-refractivity contribution in [3.05, 3.63) is 57.0 Å². The fourth-order valence-electron chi connectivity index (χ4n) is 3.17. The average Bonchev–Trinajstić information content (AvgIpc) is 3.15. The Balaban J connectivity index is 1.78. The van der Waals surface area contributed by atoms with Gasteiger partial charge in [-0.25, -0.2) is 4.98 Å². The van der Waals surface area contributed by atoms with E-state index in [1.54, 1.807) is 16.3 Å². The third kappa shape index (κ3) is 6.32. The number of anilines is 1. The molecule has 2 N–H and O–H groups in total. The highest BCUT2D eigenvalue weighted by Crippen LogP contribution is 2.37. The molecule has 13 heteroatoms. The molecule has 6 nitrogen and oxygen atoms in total. The molecule has 0 unspecified atom stereocenters. The van der Waals surface area contributed by atoms with E-state index < -0.39 is 35.1 Å². The molecule has 2 aromatic heterocycles. The summed E-state index contributed by atoms with van der Waals surface area (Å²) in [4.78, 5) is 33.1. The van der Waals surface area contributed by atoms with Crippen LogP contribution in [0.4, 0.5) is 32.0 Å². The number of fused-ring (bicyclic) bond motifs is 1. The molecule has 178 valence electrons. The maximum absolute atomic E-state index is 13.0. The molecule has 0 saturated heterocycles. The van der Waals surface area contributed by atoms with E-state index in [-0.39, 0.29) is 30.5 Å². The minimum atomic E-state index is -5.02. The van der Waals surface area contributed by atoms with Gasteiger partial charge in [-0.1, -0.05) is 6.92 Å². The van der Waals surface area contributed by atoms with Crippen molar-refractivity contribution in [1.82, 2.24) is 14.9 Å². The Morgan fingerprint density at radius 2 is 1.76 bits per heavy atom. The van der Waals surface area contributed by atoms with Crippen LogP contribution in [0, 0.1) is 0 Å². The fraction of sp³-hybridized carbons (Fsp3) is 0.350. The second kappa shape index (κ2) is 9.51. The van der Waals surface area contributed by atoms with E-state index in [4.69, 9.17) is 0 Å². The van der Waals surface area contributed by atoms with Crippen molar-refractivity contribution in [1.29, 1.82) is 0 Å². The lowest BCUT2D eigenvalue weighted by Crippen LogP contribution is -2.34. The lowest BCUT2D eigenvalue weighted by molar-refractivity contribution is -0.143. The van der Waals surface area contributed by atoms with Gasteiger partial charge in [0.15, 0.2) is 0 Å². The third-order valence-electron chi connectivity index (χ3n) is 4.52. The molecule has 0 atom stereocenters. The molecular formula is C20H18F6N4O2S. The van der Waals surface area contributed by atoms with Crippen LogP contribution in [0.3, 0.4) is 0 Å². The second-order valence-electron chi connectivity index (χ2n) is 7.20. The lowest BCUT2D eigenvalue weighted by atomic mass is 10.1. The standard InChI is InChI=1S/C20H18F6N4O2S/c1-2-4-30(9-15-28-14-3-5-33-17(14)18(32)29-15)10-16(31)27-13-7-11(19(21,22)23)6-12(8-13)20(24,25)26/h3,5-8H,2,4,9-10H2,1H3,(H,27,31)(H,28,29,32). The maximum Gasteiger partial charge on any atom is 0.416 e. The number of aromatic amines is 1. The zero-order chi connectivity index (χ0) is 24.4. The van der Waals surface area contributed by atoms with Gasteiger partial charge in [0.25, 0.3) is 5.56 Å². The predicted molar refractivity (Wildman–Crippen MR) is 111 cm³/mol. The Labute approximate surface area is 187 Å². The summed E-state index contributed by atoms with van der Waals surface area (Å²) >= 11 is 1.23. The molecule has 0 bridgehead atoms. The van der Waals surface area contributed by atoms with Crippen molar-refractivity contribution >= 4 is 33.1 Å². The summed E-state index contributed by atoms with van der Waals surface area (Å²) in [6.07, 6.45) is -9.44. The summed E-state index contributed by atoms with van der Waals surface area (Å²) in [5, 5.41) is 3.81. The van der Waals surface area contributed by atoms with Crippen molar-refractivity contribution in [2.45, 2.75) is 32.2 Å². The quantitative estimate of drug-likeness (QED) is 0.462. The van der Waals surface area contributed by atoms with Gasteiger partial charge < -0.3 is 10.3 Å². The molecule has 0 fully saturated rings. The first-order valence-corrected chi connectivity index (χ1v) is 10.5. The van der Waals surface area contributed by atoms with Crippen LogP contribution in [0.25, 0.3) is 10.2 Å². The number of thiophene rings is 1. The Hall–Kier alpha value is -2.93. The number of carbonyl (C=O) groups excluding carboxylic acids is 1. The highest BCUT2D eigenvalue weighted by Gasteiger charge is 2.37. The van der Waals surface area contributed by atoms with E-state index in [1.807, 2.05) is 6.92 Å². The number of hydrogen-bond acceptors (Lipinski definition) is 5. The maximum atomic E-state index is 13.0. The van der Waals surface area contributed by atoms with E-state index in [0.717, 1.165) is 0 Å². The van der Waals surface area contributed by atoms with Crippen molar-refractivity contribution in [3.8, 4) is 0 Å². The monoisotopic (exact) mass is 492 g/mol. The van der Waals surface area contributed by atoms with Gasteiger partial charge in [0.2, 0.25) is 5.91 Å². The fourth-order valence-corrected chi connectivity index (χ4v) is 3.89. The molecule has 0 radical (unpaired) electrons. The van der Waals surface area contributed by atoms with Crippen LogP contribution in [-0.4, -0.2) is 33.9 Å². The molecule has 0 saturated carbocycles. The van der Waals surface area contributed by atoms with Gasteiger partial charge in [0, 0.05) is 5.69 Å². The third-order valence-corrected chi connectivity index (χ3v) is 5.42. The zero-order valence-corrected chi connectivity index (χ0v) is 17.9. The van der Waals surface area contributed by atoms with Crippen LogP contribution in [0.2, 0.25) is 0 Å². The molecule has 0 spiro atoms. The van der Waals surface area contributed by atoms with Crippen molar-refractivity contribution in [3.63, 3.8) is 0 Å². The van der Waals surface area contributed by atoms with E-state index in [1.165, 1.54) is 11.3 Å². The molecule has 3 aromatic rings. The number of hydrogen-bond donors (Lipinski definition) is 2. The van der Waals surface area contributed by atoms with Gasteiger partial charge in [-0.05, 0) is 42.6 Å². The molecule has 2 heterocycles. The van der Waals surface area contributed by atoms with Crippen LogP contribution >= 0.6 is 11.3 Å². The van der Waals surface area contributed by atoms with E-state index in [2.05, 4.69) is 15.3 Å². The van der Waals surface area contributed by atoms with Crippen molar-refractivity contribution < 1.29 is 31.1 Å². The molecular weight excluding hydrogens is 474 g/mol. The normalized spacial score (nSPS) is 12.5. The number of nitrogens with zero attached hydrogens (tertiary/aromatic N) is 2. The highest BCUT2D eigenvalue weighted by molar-refractivity contribution is 7.17. The SMILES string of the molecule is CCCN(CC(=O)Nc1cc(C(F)(F)F)cc(C(F)(F)F)c1)Cc1nc2ccsc2c(=O)[nH]1. The molecule has 3 rings (SSSR count). The smallest absolute Gasteiger partial charge is 0.325 e. The molecule has 0 aliphatic carbocycles. The number of carbonyl (C=O) groups is 1. The summed E-state index contributed by atoms with van der Waals surface area (Å²) in [5.41, 5.74) is -3.52. The first-order valence-electron chi connectivity index (χ1n) is 9.65. The van der Waals surface area contributed by atoms with Gasteiger partial charge in [0.05, 0.1) is 29.7 Å². The van der Waals surface area contributed by atoms with Crippen LogP contribution in [0.15, 0.2) is 34.4 Å². The number of alkyl halides is 6. The summed E-state index contributed by atoms with van der Waals surface area (Å²) in [5.74, 6) is -0.527. The zero-order valence-electron chi connectivity index (χ0n) is 17.1. The Morgan fingerprint density at radius 3 is 2.33 bits per heavy atom.